The Balaban J connectivity index is 4.72. The maximum Gasteiger partial charge on any atom is 0.333 e. The molecule has 0 rings (SSSR count). The normalized spacial score (nSPS) is 14.8. The van der Waals surface area contributed by atoms with Gasteiger partial charge < -0.3 is 9.94 Å². The van der Waals surface area contributed by atoms with Gasteiger partial charge in [-0.3, -0.25) is 0 Å². The Labute approximate surface area is 238 Å². The lowest BCUT2D eigenvalue weighted by Crippen LogP contribution is -2.53. The summed E-state index contributed by atoms with van der Waals surface area (Å²) in [5.41, 5.74) is -1.98. The summed E-state index contributed by atoms with van der Waals surface area (Å²) < 4.78 is 0. The van der Waals surface area contributed by atoms with E-state index in [2.05, 4.69) is 20.8 Å². The first kappa shape index (κ1) is 37.4. The van der Waals surface area contributed by atoms with Gasteiger partial charge in [0.05, 0.1) is 11.0 Å². The van der Waals surface area contributed by atoms with Gasteiger partial charge in [-0.25, -0.2) is 4.79 Å². The number of rotatable bonds is 29. The molecule has 4 nitrogen and oxygen atoms in total. The zero-order valence-electron chi connectivity index (χ0n) is 26.4. The summed E-state index contributed by atoms with van der Waals surface area (Å²) in [6, 6.07) is 0. The molecule has 0 bridgehead atoms. The molecule has 0 fully saturated rings. The lowest BCUT2D eigenvalue weighted by molar-refractivity contribution is -0.179. The average molecular weight is 540 g/mol. The third-order valence-corrected chi connectivity index (χ3v) is 8.96. The van der Waals surface area contributed by atoms with Crippen molar-refractivity contribution in [2.24, 2.45) is 11.3 Å². The molecule has 228 valence electrons. The molecular formula is C34H69NO3. The molecule has 0 saturated heterocycles. The summed E-state index contributed by atoms with van der Waals surface area (Å²) in [6.07, 6.45) is 31.6. The van der Waals surface area contributed by atoms with Crippen molar-refractivity contribution < 1.29 is 14.7 Å². The van der Waals surface area contributed by atoms with Crippen LogP contribution in [0.1, 0.15) is 201 Å². The molecule has 0 aromatic heterocycles. The lowest BCUT2D eigenvalue weighted by atomic mass is 9.64. The molecule has 4 heteroatoms. The fraction of sp³-hybridized carbons (Fsp3) is 0.971. The topological polar surface area (TPSA) is 72.5 Å². The second-order valence-electron chi connectivity index (χ2n) is 12.4. The van der Waals surface area contributed by atoms with Gasteiger partial charge in [0.2, 0.25) is 0 Å². The fourth-order valence-electron chi connectivity index (χ4n) is 6.16. The van der Waals surface area contributed by atoms with Gasteiger partial charge in [0.1, 0.15) is 0 Å². The van der Waals surface area contributed by atoms with Gasteiger partial charge >= 0.3 is 5.97 Å². The Kier molecular flexibility index (Phi) is 25.0. The number of unbranched alkanes of at least 4 members (excludes halogenated alkanes) is 21. The van der Waals surface area contributed by atoms with Crippen molar-refractivity contribution in [3.8, 4) is 0 Å². The van der Waals surface area contributed by atoms with Gasteiger partial charge in [0.25, 0.3) is 0 Å². The minimum absolute atomic E-state index is 0.402. The van der Waals surface area contributed by atoms with Crippen LogP contribution in [-0.2, 0) is 9.63 Å². The van der Waals surface area contributed by atoms with E-state index in [1.165, 1.54) is 103 Å². The molecule has 0 amide bonds. The monoisotopic (exact) mass is 540 g/mol. The highest BCUT2D eigenvalue weighted by Gasteiger charge is 2.52. The molecule has 0 aromatic rings. The standard InChI is InChI=1S/C34H69NO3/c1-5-8-11-14-16-18-19-20-21-22-24-26-29-33(4,37)34(32(36)38-35,30-27-13-10-7-3)31-28-25-23-17-15-12-9-6-2/h37H,5-31,35H2,1-4H3. The first-order valence-corrected chi connectivity index (χ1v) is 17.0. The summed E-state index contributed by atoms with van der Waals surface area (Å²) in [5, 5.41) is 11.8. The van der Waals surface area contributed by atoms with E-state index in [0.29, 0.717) is 19.3 Å². The van der Waals surface area contributed by atoms with Crippen LogP contribution >= 0.6 is 0 Å². The molecular weight excluding hydrogens is 470 g/mol. The second kappa shape index (κ2) is 25.4. The van der Waals surface area contributed by atoms with E-state index in [-0.39, 0.29) is 0 Å². The van der Waals surface area contributed by atoms with Crippen LogP contribution in [0.2, 0.25) is 0 Å². The Bertz CT molecular complexity index is 522. The molecule has 0 saturated carbocycles. The molecule has 0 spiro atoms. The lowest BCUT2D eigenvalue weighted by Gasteiger charge is -2.43. The van der Waals surface area contributed by atoms with Crippen molar-refractivity contribution in [2.75, 3.05) is 0 Å². The second-order valence-corrected chi connectivity index (χ2v) is 12.4. The van der Waals surface area contributed by atoms with Crippen LogP contribution in [0.15, 0.2) is 0 Å². The molecule has 0 aliphatic carbocycles. The van der Waals surface area contributed by atoms with E-state index < -0.39 is 17.0 Å². The van der Waals surface area contributed by atoms with Crippen molar-refractivity contribution in [3.05, 3.63) is 0 Å². The molecule has 3 N–H and O–H groups in total. The van der Waals surface area contributed by atoms with Gasteiger partial charge in [-0.2, -0.15) is 5.90 Å². The van der Waals surface area contributed by atoms with Crippen molar-refractivity contribution in [3.63, 3.8) is 0 Å². The predicted molar refractivity (Wildman–Crippen MR) is 165 cm³/mol. The molecule has 2 atom stereocenters. The van der Waals surface area contributed by atoms with E-state index >= 15 is 0 Å². The maximum absolute atomic E-state index is 13.2. The molecule has 0 heterocycles. The quantitative estimate of drug-likeness (QED) is 0.0732. The summed E-state index contributed by atoms with van der Waals surface area (Å²) in [4.78, 5) is 18.1. The molecule has 0 aliphatic heterocycles. The number of hydrogen-bond donors (Lipinski definition) is 2. The Morgan fingerprint density at radius 2 is 0.789 bits per heavy atom. The smallest absolute Gasteiger partial charge is 0.333 e. The third kappa shape index (κ3) is 17.2. The summed E-state index contributed by atoms with van der Waals surface area (Å²) >= 11 is 0. The number of hydrogen-bond acceptors (Lipinski definition) is 4. The molecule has 0 aliphatic rings. The van der Waals surface area contributed by atoms with E-state index in [1.807, 2.05) is 6.92 Å². The zero-order chi connectivity index (χ0) is 28.4. The maximum atomic E-state index is 13.2. The molecule has 0 aromatic carbocycles. The highest BCUT2D eigenvalue weighted by molar-refractivity contribution is 5.78. The van der Waals surface area contributed by atoms with E-state index in [4.69, 9.17) is 10.7 Å². The van der Waals surface area contributed by atoms with E-state index in [9.17, 15) is 9.90 Å². The van der Waals surface area contributed by atoms with Crippen LogP contribution in [0.3, 0.4) is 0 Å². The number of carbonyl (C=O) groups excluding carboxylic acids is 1. The predicted octanol–water partition coefficient (Wildman–Crippen LogP) is 10.7. The minimum Gasteiger partial charge on any atom is -0.389 e. The number of carbonyl (C=O) groups is 1. The number of aliphatic hydroxyl groups is 1. The highest BCUT2D eigenvalue weighted by atomic mass is 16.7. The summed E-state index contributed by atoms with van der Waals surface area (Å²) in [5.74, 6) is 5.09. The summed E-state index contributed by atoms with van der Waals surface area (Å²) in [6.45, 7) is 8.60. The minimum atomic E-state index is -1.09. The van der Waals surface area contributed by atoms with Crippen LogP contribution in [0.25, 0.3) is 0 Å². The SMILES string of the molecule is CCCCCCCCCCCCCCC(C)(O)C(CCCCCC)(CCCCCCCCCC)C(=O)ON. The van der Waals surface area contributed by atoms with E-state index in [0.717, 1.165) is 51.4 Å². The zero-order valence-corrected chi connectivity index (χ0v) is 26.4. The number of nitrogens with two attached hydrogens (primary N) is 1. The fourth-order valence-corrected chi connectivity index (χ4v) is 6.16. The Hall–Kier alpha value is -0.610. The van der Waals surface area contributed by atoms with Crippen molar-refractivity contribution in [1.29, 1.82) is 0 Å². The van der Waals surface area contributed by atoms with Gasteiger partial charge in [0.15, 0.2) is 0 Å². The van der Waals surface area contributed by atoms with Crippen molar-refractivity contribution in [1.82, 2.24) is 0 Å². The van der Waals surface area contributed by atoms with Crippen LogP contribution in [0, 0.1) is 5.41 Å². The van der Waals surface area contributed by atoms with Gasteiger partial charge in [-0.05, 0) is 26.2 Å². The largest absolute Gasteiger partial charge is 0.389 e. The van der Waals surface area contributed by atoms with Gasteiger partial charge in [-0.15, -0.1) is 0 Å². The molecule has 2 unspecified atom stereocenters. The highest BCUT2D eigenvalue weighted by Crippen LogP contribution is 2.45. The average Bonchev–Trinajstić information content (AvgIpc) is 2.91. The van der Waals surface area contributed by atoms with Crippen molar-refractivity contribution >= 4 is 5.97 Å². The van der Waals surface area contributed by atoms with Crippen molar-refractivity contribution in [2.45, 2.75) is 207 Å². The third-order valence-electron chi connectivity index (χ3n) is 8.96. The van der Waals surface area contributed by atoms with Gasteiger partial charge in [0, 0.05) is 0 Å². The van der Waals surface area contributed by atoms with E-state index in [1.54, 1.807) is 0 Å². The van der Waals surface area contributed by atoms with Gasteiger partial charge in [-0.1, -0.05) is 175 Å². The Morgan fingerprint density at radius 1 is 0.526 bits per heavy atom. The van der Waals surface area contributed by atoms with Crippen LogP contribution < -0.4 is 5.90 Å². The molecule has 0 radical (unpaired) electrons. The first-order valence-electron chi connectivity index (χ1n) is 17.0. The Morgan fingerprint density at radius 3 is 1.11 bits per heavy atom. The first-order chi connectivity index (χ1) is 18.4. The van der Waals surface area contributed by atoms with Crippen LogP contribution in [-0.4, -0.2) is 16.7 Å². The molecule has 38 heavy (non-hydrogen) atoms. The summed E-state index contributed by atoms with van der Waals surface area (Å²) in [7, 11) is 0. The van der Waals surface area contributed by atoms with Crippen LogP contribution in [0.4, 0.5) is 0 Å². The van der Waals surface area contributed by atoms with Crippen LogP contribution in [0.5, 0.6) is 0 Å².